The number of aromatic nitrogens is 1. The van der Waals surface area contributed by atoms with E-state index in [4.69, 9.17) is 27.9 Å². The van der Waals surface area contributed by atoms with Crippen molar-refractivity contribution in [3.63, 3.8) is 0 Å². The number of nitrogens with zero attached hydrogens (tertiary/aromatic N) is 2. The number of hydrogen-bond donors (Lipinski definition) is 2. The van der Waals surface area contributed by atoms with Gasteiger partial charge in [-0.2, -0.15) is 0 Å². The summed E-state index contributed by atoms with van der Waals surface area (Å²) in [5, 5.41) is 12.2. The first-order chi connectivity index (χ1) is 18.4. The van der Waals surface area contributed by atoms with Crippen molar-refractivity contribution in [2.75, 3.05) is 24.6 Å². The second-order valence-corrected chi connectivity index (χ2v) is 12.4. The van der Waals surface area contributed by atoms with Crippen molar-refractivity contribution in [2.45, 2.75) is 43.1 Å². The molecule has 3 atom stereocenters. The van der Waals surface area contributed by atoms with Crippen molar-refractivity contribution in [2.24, 2.45) is 5.41 Å². The van der Waals surface area contributed by atoms with Gasteiger partial charge in [-0.1, -0.05) is 44.0 Å². The summed E-state index contributed by atoms with van der Waals surface area (Å²) in [7, 11) is 0. The Balaban J connectivity index is 1.71. The first kappa shape index (κ1) is 29.4. The van der Waals surface area contributed by atoms with Crippen LogP contribution in [0.1, 0.15) is 37.1 Å². The quantitative estimate of drug-likeness (QED) is 0.276. The summed E-state index contributed by atoms with van der Waals surface area (Å²) in [5.74, 6) is -0.547. The number of morpholine rings is 1. The van der Waals surface area contributed by atoms with E-state index in [2.05, 4.69) is 10.3 Å². The lowest BCUT2D eigenvalue weighted by Gasteiger charge is -2.42. The summed E-state index contributed by atoms with van der Waals surface area (Å²) in [5.41, 5.74) is 0.303. The van der Waals surface area contributed by atoms with Crippen LogP contribution in [-0.2, 0) is 4.74 Å². The van der Waals surface area contributed by atoms with Crippen LogP contribution >= 0.6 is 35.0 Å². The molecule has 0 radical (unpaired) electrons. The van der Waals surface area contributed by atoms with Gasteiger partial charge in [-0.3, -0.25) is 0 Å². The molecule has 0 saturated carbocycles. The van der Waals surface area contributed by atoms with E-state index >= 15 is 4.39 Å². The van der Waals surface area contributed by atoms with Gasteiger partial charge < -0.3 is 20.1 Å². The summed E-state index contributed by atoms with van der Waals surface area (Å²) >= 11 is 14.0. The number of amides is 1. The second-order valence-electron chi connectivity index (χ2n) is 10.3. The fraction of sp³-hybridized carbons (Fsp3) is 0.357. The summed E-state index contributed by atoms with van der Waals surface area (Å²) in [6, 6.07) is 11.7. The molecule has 1 amide bonds. The SMILES string of the molecule is CC(C)(C)C(NC(=O)O)C1CN(c2cc(C(Sc3ccc(Cl)cc3)c3cc(F)ccc3F)c(Cl)cn2)CCO1. The van der Waals surface area contributed by atoms with Gasteiger partial charge in [0.15, 0.2) is 0 Å². The number of thioether (sulfide) groups is 1. The minimum Gasteiger partial charge on any atom is -0.465 e. The van der Waals surface area contributed by atoms with E-state index in [9.17, 15) is 14.3 Å². The first-order valence-electron chi connectivity index (χ1n) is 12.3. The summed E-state index contributed by atoms with van der Waals surface area (Å²) < 4.78 is 35.3. The molecule has 3 aromatic rings. The summed E-state index contributed by atoms with van der Waals surface area (Å²) in [6.45, 7) is 7.08. The number of nitrogens with one attached hydrogen (secondary N) is 1. The van der Waals surface area contributed by atoms with Crippen LogP contribution in [0.3, 0.4) is 0 Å². The van der Waals surface area contributed by atoms with Crippen molar-refractivity contribution in [3.8, 4) is 0 Å². The Kier molecular flexibility index (Phi) is 9.26. The van der Waals surface area contributed by atoms with Gasteiger partial charge in [0.2, 0.25) is 0 Å². The number of halogens is 4. The largest absolute Gasteiger partial charge is 0.465 e. The van der Waals surface area contributed by atoms with E-state index in [0.717, 1.165) is 17.0 Å². The molecule has 0 aliphatic carbocycles. The predicted octanol–water partition coefficient (Wildman–Crippen LogP) is 7.44. The molecule has 1 fully saturated rings. The standard InChI is InChI=1S/C28H29Cl2F2N3O3S/c1-28(2,3)26(34-27(36)37)23-15-35(10-11-38-23)24-13-19(21(30)14-33-24)25(20-12-17(31)6-9-22(20)32)39-18-7-4-16(29)5-8-18/h4-9,12-14,23,25-26,34H,10-11,15H2,1-3H3,(H,36,37). The van der Waals surface area contributed by atoms with Crippen LogP contribution in [0.2, 0.25) is 10.0 Å². The van der Waals surface area contributed by atoms with E-state index in [0.29, 0.717) is 41.1 Å². The van der Waals surface area contributed by atoms with Crippen LogP contribution in [0, 0.1) is 17.0 Å². The molecule has 0 spiro atoms. The van der Waals surface area contributed by atoms with E-state index in [1.54, 1.807) is 18.2 Å². The smallest absolute Gasteiger partial charge is 0.404 e. The number of anilines is 1. The van der Waals surface area contributed by atoms with Gasteiger partial charge in [-0.15, -0.1) is 11.8 Å². The van der Waals surface area contributed by atoms with E-state index in [1.165, 1.54) is 24.0 Å². The van der Waals surface area contributed by atoms with Crippen LogP contribution in [0.4, 0.5) is 19.4 Å². The van der Waals surface area contributed by atoms with Gasteiger partial charge in [0.05, 0.1) is 29.0 Å². The van der Waals surface area contributed by atoms with Gasteiger partial charge in [-0.05, 0) is 59.5 Å². The zero-order valence-corrected chi connectivity index (χ0v) is 24.0. The van der Waals surface area contributed by atoms with E-state index < -0.39 is 40.5 Å². The van der Waals surface area contributed by atoms with Crippen molar-refractivity contribution in [3.05, 3.63) is 87.5 Å². The average Bonchev–Trinajstić information content (AvgIpc) is 2.88. The molecule has 208 valence electrons. The Morgan fingerprint density at radius 3 is 2.54 bits per heavy atom. The Labute approximate surface area is 240 Å². The summed E-state index contributed by atoms with van der Waals surface area (Å²) in [4.78, 5) is 18.8. The van der Waals surface area contributed by atoms with Crippen LogP contribution < -0.4 is 10.2 Å². The Bertz CT molecular complexity index is 1320. The lowest BCUT2D eigenvalue weighted by atomic mass is 9.82. The maximum atomic E-state index is 15.1. The molecular formula is C28H29Cl2F2N3O3S. The molecule has 1 aliphatic heterocycles. The zero-order valence-electron chi connectivity index (χ0n) is 21.6. The van der Waals surface area contributed by atoms with Crippen molar-refractivity contribution >= 4 is 46.9 Å². The average molecular weight is 597 g/mol. The molecule has 11 heteroatoms. The van der Waals surface area contributed by atoms with Gasteiger partial charge in [0.25, 0.3) is 0 Å². The molecule has 1 aromatic heterocycles. The highest BCUT2D eigenvalue weighted by Gasteiger charge is 2.37. The molecule has 2 heterocycles. The van der Waals surface area contributed by atoms with Crippen LogP contribution in [0.5, 0.6) is 0 Å². The molecule has 39 heavy (non-hydrogen) atoms. The van der Waals surface area contributed by atoms with Crippen LogP contribution in [0.25, 0.3) is 0 Å². The first-order valence-corrected chi connectivity index (χ1v) is 13.9. The molecule has 6 nitrogen and oxygen atoms in total. The van der Waals surface area contributed by atoms with Gasteiger partial charge in [0.1, 0.15) is 17.5 Å². The topological polar surface area (TPSA) is 74.7 Å². The highest BCUT2D eigenvalue weighted by molar-refractivity contribution is 7.99. The molecule has 1 saturated heterocycles. The third-order valence-corrected chi connectivity index (χ3v) is 8.32. The Morgan fingerprint density at radius 1 is 1.15 bits per heavy atom. The molecular weight excluding hydrogens is 567 g/mol. The molecule has 2 aromatic carbocycles. The molecule has 4 rings (SSSR count). The number of ether oxygens (including phenoxy) is 1. The maximum absolute atomic E-state index is 15.1. The minimum atomic E-state index is -1.12. The number of carboxylic acid groups (broad SMARTS) is 1. The number of benzene rings is 2. The third kappa shape index (κ3) is 7.33. The second kappa shape index (κ2) is 12.3. The maximum Gasteiger partial charge on any atom is 0.404 e. The van der Waals surface area contributed by atoms with Crippen LogP contribution in [0.15, 0.2) is 59.6 Å². The Morgan fingerprint density at radius 2 is 1.87 bits per heavy atom. The van der Waals surface area contributed by atoms with Crippen LogP contribution in [-0.4, -0.2) is 48.0 Å². The predicted molar refractivity (Wildman–Crippen MR) is 151 cm³/mol. The number of hydrogen-bond acceptors (Lipinski definition) is 5. The van der Waals surface area contributed by atoms with Gasteiger partial charge in [-0.25, -0.2) is 18.6 Å². The fourth-order valence-electron chi connectivity index (χ4n) is 4.56. The monoisotopic (exact) mass is 595 g/mol. The minimum absolute atomic E-state index is 0.146. The van der Waals surface area contributed by atoms with Crippen molar-refractivity contribution in [1.82, 2.24) is 10.3 Å². The third-order valence-electron chi connectivity index (χ3n) is 6.46. The van der Waals surface area contributed by atoms with E-state index in [-0.39, 0.29) is 5.56 Å². The normalized spacial score (nSPS) is 17.5. The highest BCUT2D eigenvalue weighted by atomic mass is 35.5. The van der Waals surface area contributed by atoms with E-state index in [1.807, 2.05) is 37.8 Å². The van der Waals surface area contributed by atoms with Gasteiger partial charge >= 0.3 is 6.09 Å². The van der Waals surface area contributed by atoms with Gasteiger partial charge in [0, 0.05) is 34.8 Å². The highest BCUT2D eigenvalue weighted by Crippen LogP contribution is 2.45. The zero-order chi connectivity index (χ0) is 28.3. The van der Waals surface area contributed by atoms with Crippen molar-refractivity contribution in [1.29, 1.82) is 0 Å². The molecule has 2 N–H and O–H groups in total. The lowest BCUT2D eigenvalue weighted by molar-refractivity contribution is -0.0115. The Hall–Kier alpha value is -2.59. The fourth-order valence-corrected chi connectivity index (χ4v) is 6.16. The molecule has 3 unspecified atom stereocenters. The number of carbonyl (C=O) groups is 1. The molecule has 0 bridgehead atoms. The number of rotatable bonds is 7. The molecule has 1 aliphatic rings. The van der Waals surface area contributed by atoms with Crippen molar-refractivity contribution < 1.29 is 23.4 Å². The number of pyridine rings is 1. The lowest BCUT2D eigenvalue weighted by Crippen LogP contribution is -2.58. The summed E-state index contributed by atoms with van der Waals surface area (Å²) in [6.07, 6.45) is -0.0579.